The topological polar surface area (TPSA) is 98.5 Å². The van der Waals surface area contributed by atoms with Crippen molar-refractivity contribution in [1.82, 2.24) is 0 Å². The molecule has 1 fully saturated rings. The zero-order valence-corrected chi connectivity index (χ0v) is 13.7. The van der Waals surface area contributed by atoms with Crippen molar-refractivity contribution in [2.24, 2.45) is 5.92 Å². The molecule has 0 spiro atoms. The van der Waals surface area contributed by atoms with Crippen LogP contribution in [-0.4, -0.2) is 22.9 Å². The molecule has 2 atom stereocenters. The largest absolute Gasteiger partial charge is 0.462 e. The molecule has 130 valence electrons. The lowest BCUT2D eigenvalue weighted by Crippen LogP contribution is -2.19. The molecular formula is C17H22N2O5. The number of nitrogens with zero attached hydrogens (tertiary/aromatic N) is 1. The zero-order chi connectivity index (χ0) is 17.5. The molecule has 0 bridgehead atoms. The van der Waals surface area contributed by atoms with E-state index in [-0.39, 0.29) is 30.1 Å². The second kappa shape index (κ2) is 8.42. The predicted octanol–water partition coefficient (Wildman–Crippen LogP) is 3.44. The number of esters is 1. The Morgan fingerprint density at radius 1 is 1.33 bits per heavy atom. The monoisotopic (exact) mass is 334 g/mol. The van der Waals surface area contributed by atoms with Crippen LogP contribution in [0.3, 0.4) is 0 Å². The summed E-state index contributed by atoms with van der Waals surface area (Å²) < 4.78 is 5.32. The molecule has 0 radical (unpaired) electrons. The van der Waals surface area contributed by atoms with E-state index >= 15 is 0 Å². The van der Waals surface area contributed by atoms with Gasteiger partial charge in [0.05, 0.1) is 10.8 Å². The van der Waals surface area contributed by atoms with Gasteiger partial charge in [-0.15, -0.1) is 0 Å². The molecule has 1 aromatic carbocycles. The number of hydrogen-bond donors (Lipinski definition) is 1. The van der Waals surface area contributed by atoms with Crippen molar-refractivity contribution in [2.45, 2.75) is 51.6 Å². The number of nitrogens with one attached hydrogen (secondary N) is 1. The molecule has 0 aliphatic carbocycles. The van der Waals surface area contributed by atoms with Crippen LogP contribution < -0.4 is 5.32 Å². The summed E-state index contributed by atoms with van der Waals surface area (Å²) in [6, 6.07) is 5.58. The lowest BCUT2D eigenvalue weighted by Gasteiger charge is -2.08. The van der Waals surface area contributed by atoms with Crippen molar-refractivity contribution in [1.29, 1.82) is 0 Å². The highest BCUT2D eigenvalue weighted by Crippen LogP contribution is 2.28. The third-order valence-corrected chi connectivity index (χ3v) is 4.09. The summed E-state index contributed by atoms with van der Waals surface area (Å²) in [6.45, 7) is 2.12. The normalized spacial score (nSPS) is 19.8. The summed E-state index contributed by atoms with van der Waals surface area (Å²) in [4.78, 5) is 34.0. The third-order valence-electron chi connectivity index (χ3n) is 4.09. The van der Waals surface area contributed by atoms with Gasteiger partial charge in [0, 0.05) is 24.2 Å². The molecule has 2 rings (SSSR count). The number of unbranched alkanes of at least 4 members (excludes halogenated alkanes) is 2. The third kappa shape index (κ3) is 5.04. The molecule has 24 heavy (non-hydrogen) atoms. The van der Waals surface area contributed by atoms with Crippen LogP contribution in [0.15, 0.2) is 24.3 Å². The Hall–Kier alpha value is -2.44. The minimum Gasteiger partial charge on any atom is -0.462 e. The lowest BCUT2D eigenvalue weighted by atomic mass is 9.98. The van der Waals surface area contributed by atoms with Gasteiger partial charge in [-0.3, -0.25) is 19.7 Å². The van der Waals surface area contributed by atoms with E-state index in [2.05, 4.69) is 12.2 Å². The van der Waals surface area contributed by atoms with Crippen LogP contribution in [-0.2, 0) is 14.3 Å². The SMILES string of the molecule is CCCCC[C@H]1C[C@H](CC(=O)Nc2ccc([N+](=O)[O-])cc2)C(=O)O1. The lowest BCUT2D eigenvalue weighted by molar-refractivity contribution is -0.384. The first-order valence-corrected chi connectivity index (χ1v) is 8.24. The molecule has 7 nitrogen and oxygen atoms in total. The highest BCUT2D eigenvalue weighted by Gasteiger charge is 2.35. The Bertz CT molecular complexity index is 600. The second-order valence-electron chi connectivity index (χ2n) is 6.04. The van der Waals surface area contributed by atoms with Gasteiger partial charge < -0.3 is 10.1 Å². The Labute approximate surface area is 140 Å². The fraction of sp³-hybridized carbons (Fsp3) is 0.529. The number of amides is 1. The van der Waals surface area contributed by atoms with Crippen LogP contribution >= 0.6 is 0 Å². The van der Waals surface area contributed by atoms with Crippen molar-refractivity contribution < 1.29 is 19.2 Å². The van der Waals surface area contributed by atoms with Gasteiger partial charge in [0.25, 0.3) is 5.69 Å². The molecule has 7 heteroatoms. The number of rotatable bonds is 8. The van der Waals surface area contributed by atoms with Crippen molar-refractivity contribution in [2.75, 3.05) is 5.32 Å². The van der Waals surface area contributed by atoms with Gasteiger partial charge in [0.2, 0.25) is 5.91 Å². The minimum atomic E-state index is -0.501. The van der Waals surface area contributed by atoms with Crippen LogP contribution in [0.5, 0.6) is 0 Å². The Kier molecular flexibility index (Phi) is 6.28. The van der Waals surface area contributed by atoms with Crippen molar-refractivity contribution >= 4 is 23.3 Å². The molecule has 1 heterocycles. The van der Waals surface area contributed by atoms with Crippen molar-refractivity contribution in [3.63, 3.8) is 0 Å². The van der Waals surface area contributed by atoms with Crippen LogP contribution in [0.25, 0.3) is 0 Å². The Morgan fingerprint density at radius 3 is 2.67 bits per heavy atom. The predicted molar refractivity (Wildman–Crippen MR) is 88.5 cm³/mol. The van der Waals surface area contributed by atoms with Gasteiger partial charge in [-0.2, -0.15) is 0 Å². The first kappa shape index (κ1) is 17.9. The molecule has 1 aromatic rings. The number of nitro benzene ring substituents is 1. The first-order valence-electron chi connectivity index (χ1n) is 8.24. The number of ether oxygens (including phenoxy) is 1. The van der Waals surface area contributed by atoms with Crippen molar-refractivity contribution in [3.8, 4) is 0 Å². The fourth-order valence-electron chi connectivity index (χ4n) is 2.79. The van der Waals surface area contributed by atoms with E-state index in [0.29, 0.717) is 12.1 Å². The Morgan fingerprint density at radius 2 is 2.04 bits per heavy atom. The van der Waals surface area contributed by atoms with E-state index in [4.69, 9.17) is 4.74 Å². The van der Waals surface area contributed by atoms with Gasteiger partial charge in [-0.05, 0) is 31.4 Å². The number of benzene rings is 1. The van der Waals surface area contributed by atoms with Crippen molar-refractivity contribution in [3.05, 3.63) is 34.4 Å². The minimum absolute atomic E-state index is 0.0395. The van der Waals surface area contributed by atoms with E-state index < -0.39 is 10.8 Å². The number of carbonyl (C=O) groups excluding carboxylic acids is 2. The zero-order valence-electron chi connectivity index (χ0n) is 13.7. The molecule has 0 saturated carbocycles. The smallest absolute Gasteiger partial charge is 0.309 e. The van der Waals surface area contributed by atoms with Gasteiger partial charge in [0.1, 0.15) is 6.10 Å². The highest BCUT2D eigenvalue weighted by atomic mass is 16.6. The molecular weight excluding hydrogens is 312 g/mol. The number of non-ortho nitro benzene ring substituents is 1. The molecule has 1 saturated heterocycles. The average molecular weight is 334 g/mol. The van der Waals surface area contributed by atoms with Gasteiger partial charge in [-0.1, -0.05) is 19.8 Å². The maximum Gasteiger partial charge on any atom is 0.309 e. The number of cyclic esters (lactones) is 1. The fourth-order valence-corrected chi connectivity index (χ4v) is 2.79. The van der Waals surface area contributed by atoms with E-state index in [1.165, 1.54) is 24.3 Å². The highest BCUT2D eigenvalue weighted by molar-refractivity contribution is 5.93. The van der Waals surface area contributed by atoms with Gasteiger partial charge in [0.15, 0.2) is 0 Å². The number of anilines is 1. The molecule has 0 unspecified atom stereocenters. The van der Waals surface area contributed by atoms with Crippen LogP contribution in [0.4, 0.5) is 11.4 Å². The van der Waals surface area contributed by atoms with Crippen LogP contribution in [0.1, 0.15) is 45.4 Å². The number of nitro groups is 1. The van der Waals surface area contributed by atoms with Crippen LogP contribution in [0, 0.1) is 16.0 Å². The second-order valence-corrected chi connectivity index (χ2v) is 6.04. The first-order chi connectivity index (χ1) is 11.5. The Balaban J connectivity index is 1.81. The quantitative estimate of drug-likeness (QED) is 0.340. The summed E-state index contributed by atoms with van der Waals surface area (Å²) in [7, 11) is 0. The molecule has 1 aliphatic heterocycles. The molecule has 1 amide bonds. The summed E-state index contributed by atoms with van der Waals surface area (Å²) in [6.07, 6.45) is 4.66. The average Bonchev–Trinajstić information content (AvgIpc) is 2.88. The number of hydrogen-bond acceptors (Lipinski definition) is 5. The maximum atomic E-state index is 12.0. The van der Waals surface area contributed by atoms with E-state index in [1.54, 1.807) is 0 Å². The maximum absolute atomic E-state index is 12.0. The summed E-state index contributed by atoms with van der Waals surface area (Å²) in [5.41, 5.74) is 0.429. The molecule has 1 N–H and O–H groups in total. The summed E-state index contributed by atoms with van der Waals surface area (Å²) in [5, 5.41) is 13.2. The van der Waals surface area contributed by atoms with E-state index in [1.807, 2.05) is 0 Å². The number of carbonyl (C=O) groups is 2. The van der Waals surface area contributed by atoms with E-state index in [0.717, 1.165) is 25.7 Å². The van der Waals surface area contributed by atoms with E-state index in [9.17, 15) is 19.7 Å². The summed E-state index contributed by atoms with van der Waals surface area (Å²) >= 11 is 0. The van der Waals surface area contributed by atoms with Gasteiger partial charge >= 0.3 is 5.97 Å². The standard InChI is InChI=1S/C17H22N2O5/c1-2-3-4-5-15-10-12(17(21)24-15)11-16(20)18-13-6-8-14(9-7-13)19(22)23/h6-9,12,15H,2-5,10-11H2,1H3,(H,18,20)/t12-,15+/m1/s1. The van der Waals surface area contributed by atoms with Crippen LogP contribution in [0.2, 0.25) is 0 Å². The molecule has 0 aromatic heterocycles. The molecule has 1 aliphatic rings. The van der Waals surface area contributed by atoms with Gasteiger partial charge in [-0.25, -0.2) is 0 Å². The summed E-state index contributed by atoms with van der Waals surface area (Å²) in [5.74, 6) is -1.01.